The third-order valence-electron chi connectivity index (χ3n) is 8.13. The van der Waals surface area contributed by atoms with Crippen LogP contribution in [0.15, 0.2) is 30.0 Å². The highest BCUT2D eigenvalue weighted by molar-refractivity contribution is 7.12. The van der Waals surface area contributed by atoms with Gasteiger partial charge in [0.05, 0.1) is 26.3 Å². The number of hydrogen-bond donors (Lipinski definition) is 0. The molecule has 0 unspecified atom stereocenters. The van der Waals surface area contributed by atoms with Crippen molar-refractivity contribution < 1.29 is 14.3 Å². The van der Waals surface area contributed by atoms with E-state index in [1.165, 1.54) is 21.0 Å². The summed E-state index contributed by atoms with van der Waals surface area (Å²) in [4.78, 5) is 23.3. The van der Waals surface area contributed by atoms with Gasteiger partial charge in [0.25, 0.3) is 0 Å². The number of ether oxygens (including phenoxy) is 2. The van der Waals surface area contributed by atoms with Crippen LogP contribution in [0, 0.1) is 13.8 Å². The first-order valence-corrected chi connectivity index (χ1v) is 13.5. The number of benzene rings is 1. The molecular formula is C28H37N3O3S. The number of amides is 2. The predicted octanol–water partition coefficient (Wildman–Crippen LogP) is 5.68. The molecule has 0 N–H and O–H groups in total. The number of allylic oxidation sites excluding steroid dienone is 1. The van der Waals surface area contributed by atoms with Crippen molar-refractivity contribution >= 4 is 17.4 Å². The van der Waals surface area contributed by atoms with E-state index in [1.807, 2.05) is 22.3 Å². The largest absolute Gasteiger partial charge is 0.497 e. The van der Waals surface area contributed by atoms with Gasteiger partial charge in [0.15, 0.2) is 0 Å². The lowest BCUT2D eigenvalue weighted by atomic mass is 9.82. The van der Waals surface area contributed by atoms with Gasteiger partial charge >= 0.3 is 6.03 Å². The Morgan fingerprint density at radius 1 is 1.11 bits per heavy atom. The highest BCUT2D eigenvalue weighted by Crippen LogP contribution is 2.49. The lowest BCUT2D eigenvalue weighted by Gasteiger charge is -2.44. The molecule has 0 bridgehead atoms. The van der Waals surface area contributed by atoms with E-state index in [-0.39, 0.29) is 17.5 Å². The zero-order valence-electron chi connectivity index (χ0n) is 21.8. The van der Waals surface area contributed by atoms with Crippen LogP contribution in [0.3, 0.4) is 0 Å². The number of aryl methyl sites for hydroxylation is 2. The van der Waals surface area contributed by atoms with Gasteiger partial charge in [-0.3, -0.25) is 9.80 Å². The molecule has 0 saturated carbocycles. The number of likely N-dealkylation sites (N-methyl/N-ethyl adjacent to an activating group) is 1. The van der Waals surface area contributed by atoms with Gasteiger partial charge in [-0.25, -0.2) is 4.79 Å². The van der Waals surface area contributed by atoms with Gasteiger partial charge in [-0.2, -0.15) is 0 Å². The number of piperidine rings is 1. The summed E-state index contributed by atoms with van der Waals surface area (Å²) in [5, 5.41) is 0. The molecule has 1 atom stereocenters. The molecule has 2 fully saturated rings. The molecule has 35 heavy (non-hydrogen) atoms. The summed E-state index contributed by atoms with van der Waals surface area (Å²) in [7, 11) is 3.38. The number of hydrogen-bond acceptors (Lipinski definition) is 5. The van der Waals surface area contributed by atoms with Crippen LogP contribution in [0.5, 0.6) is 11.5 Å². The van der Waals surface area contributed by atoms with Crippen molar-refractivity contribution in [3.05, 3.63) is 56.4 Å². The smallest absolute Gasteiger partial charge is 0.325 e. The van der Waals surface area contributed by atoms with Gasteiger partial charge < -0.3 is 14.4 Å². The maximum Gasteiger partial charge on any atom is 0.325 e. The van der Waals surface area contributed by atoms with Gasteiger partial charge in [-0.1, -0.05) is 13.0 Å². The number of urea groups is 1. The van der Waals surface area contributed by atoms with Crippen LogP contribution >= 0.6 is 11.3 Å². The molecule has 3 aliphatic heterocycles. The van der Waals surface area contributed by atoms with Gasteiger partial charge in [0.2, 0.25) is 0 Å². The second-order valence-corrected chi connectivity index (χ2v) is 11.6. The van der Waals surface area contributed by atoms with Gasteiger partial charge in [-0.15, -0.1) is 11.3 Å². The van der Waals surface area contributed by atoms with E-state index in [4.69, 9.17) is 9.47 Å². The third-order valence-corrected chi connectivity index (χ3v) is 9.14. The number of nitrogens with zero attached hydrogens (tertiary/aromatic N) is 3. The van der Waals surface area contributed by atoms with Crippen LogP contribution < -0.4 is 9.47 Å². The Bertz CT molecular complexity index is 1160. The minimum absolute atomic E-state index is 0.123. The molecule has 6 nitrogen and oxygen atoms in total. The van der Waals surface area contributed by atoms with Crippen LogP contribution in [0.25, 0.3) is 0 Å². The topological polar surface area (TPSA) is 45.3 Å². The van der Waals surface area contributed by atoms with Crippen molar-refractivity contribution in [3.63, 3.8) is 0 Å². The van der Waals surface area contributed by atoms with Gasteiger partial charge in [-0.05, 0) is 56.9 Å². The fourth-order valence-electron chi connectivity index (χ4n) is 6.43. The minimum Gasteiger partial charge on any atom is -0.497 e. The Kier molecular flexibility index (Phi) is 6.34. The summed E-state index contributed by atoms with van der Waals surface area (Å²) in [6, 6.07) is 6.47. The molecule has 4 heterocycles. The first kappa shape index (κ1) is 24.2. The third kappa shape index (κ3) is 3.93. The number of fused-ring (bicyclic) bond motifs is 3. The van der Waals surface area contributed by atoms with Crippen LogP contribution in [-0.2, 0) is 13.1 Å². The Hall–Kier alpha value is -2.51. The number of likely N-dealkylation sites (tertiary alicyclic amines) is 1. The second-order valence-electron chi connectivity index (χ2n) is 10.1. The summed E-state index contributed by atoms with van der Waals surface area (Å²) < 4.78 is 11.3. The van der Waals surface area contributed by atoms with Crippen molar-refractivity contribution in [2.24, 2.45) is 0 Å². The predicted molar refractivity (Wildman–Crippen MR) is 140 cm³/mol. The zero-order valence-corrected chi connectivity index (χ0v) is 22.6. The van der Waals surface area contributed by atoms with Crippen molar-refractivity contribution in [2.45, 2.75) is 65.1 Å². The first-order valence-electron chi connectivity index (χ1n) is 12.7. The van der Waals surface area contributed by atoms with Crippen molar-refractivity contribution in [1.29, 1.82) is 0 Å². The molecule has 1 aromatic heterocycles. The van der Waals surface area contributed by atoms with Crippen molar-refractivity contribution in [1.82, 2.24) is 14.7 Å². The highest BCUT2D eigenvalue weighted by Gasteiger charge is 2.54. The SMILES string of the molecule is CCN1C(=O)N2Cc3cc(OC)cc(OC)c3[C@@H](C)C=C2C12CCN(Cc1cc(C)sc1C)CC2. The Morgan fingerprint density at radius 2 is 1.86 bits per heavy atom. The second kappa shape index (κ2) is 9.17. The molecule has 7 heteroatoms. The molecule has 2 saturated heterocycles. The summed E-state index contributed by atoms with van der Waals surface area (Å²) >= 11 is 1.88. The average molecular weight is 496 g/mol. The van der Waals surface area contributed by atoms with E-state index >= 15 is 0 Å². The van der Waals surface area contributed by atoms with E-state index in [1.54, 1.807) is 14.2 Å². The Balaban J connectivity index is 1.47. The molecule has 5 rings (SSSR count). The zero-order chi connectivity index (χ0) is 24.9. The standard InChI is InChI=1S/C28H37N3O3S/c1-7-31-27(32)30-17-22-14-23(33-5)15-24(34-6)26(22)18(2)12-25(30)28(31)8-10-29(11-9-28)16-21-13-19(3)35-20(21)4/h12-15,18H,7-11,16-17H2,1-6H3/t18-/m0/s1. The fraction of sp³-hybridized carbons (Fsp3) is 0.536. The summed E-state index contributed by atoms with van der Waals surface area (Å²) in [6.45, 7) is 13.0. The fourth-order valence-corrected chi connectivity index (χ4v) is 7.37. The van der Waals surface area contributed by atoms with Gasteiger partial charge in [0, 0.05) is 59.2 Å². The van der Waals surface area contributed by atoms with Crippen LogP contribution in [0.1, 0.15) is 59.1 Å². The maximum absolute atomic E-state index is 13.8. The lowest BCUT2D eigenvalue weighted by molar-refractivity contribution is 0.0888. The van der Waals surface area contributed by atoms with E-state index in [0.717, 1.165) is 61.6 Å². The van der Waals surface area contributed by atoms with Crippen LogP contribution in [0.2, 0.25) is 0 Å². The number of rotatable bonds is 5. The van der Waals surface area contributed by atoms with E-state index < -0.39 is 0 Å². The maximum atomic E-state index is 13.8. The molecule has 1 aromatic carbocycles. The Morgan fingerprint density at radius 3 is 2.46 bits per heavy atom. The summed E-state index contributed by atoms with van der Waals surface area (Å²) in [5.41, 5.74) is 4.63. The van der Waals surface area contributed by atoms with Gasteiger partial charge in [0.1, 0.15) is 11.5 Å². The molecule has 0 aliphatic carbocycles. The summed E-state index contributed by atoms with van der Waals surface area (Å²) in [5.74, 6) is 1.73. The normalized spacial score (nSPS) is 21.6. The molecule has 1 spiro atoms. The average Bonchev–Trinajstić information content (AvgIpc) is 3.19. The molecule has 2 amide bonds. The van der Waals surface area contributed by atoms with E-state index in [0.29, 0.717) is 6.54 Å². The quantitative estimate of drug-likeness (QED) is 0.536. The monoisotopic (exact) mass is 495 g/mol. The molecular weight excluding hydrogens is 458 g/mol. The molecule has 188 valence electrons. The van der Waals surface area contributed by atoms with Crippen molar-refractivity contribution in [2.75, 3.05) is 33.9 Å². The van der Waals surface area contributed by atoms with E-state index in [9.17, 15) is 4.79 Å². The number of thiophene rings is 1. The molecule has 3 aliphatic rings. The Labute approximate surface area is 213 Å². The molecule has 0 radical (unpaired) electrons. The first-order chi connectivity index (χ1) is 16.8. The van der Waals surface area contributed by atoms with E-state index in [2.05, 4.69) is 55.7 Å². The number of carbonyl (C=O) groups excluding carboxylic acids is 1. The highest BCUT2D eigenvalue weighted by atomic mass is 32.1. The van der Waals surface area contributed by atoms with Crippen molar-refractivity contribution in [3.8, 4) is 11.5 Å². The summed E-state index contributed by atoms with van der Waals surface area (Å²) in [6.07, 6.45) is 4.25. The van der Waals surface area contributed by atoms with Crippen LogP contribution in [0.4, 0.5) is 4.79 Å². The lowest BCUT2D eigenvalue weighted by Crippen LogP contribution is -2.53. The number of carbonyl (C=O) groups is 1. The molecule has 2 aromatic rings. The van der Waals surface area contributed by atoms with Crippen LogP contribution in [-0.4, -0.2) is 60.1 Å². The number of methoxy groups -OCH3 is 2. The minimum atomic E-state index is -0.241.